The molecule has 0 aliphatic heterocycles. The van der Waals surface area contributed by atoms with Gasteiger partial charge in [-0.3, -0.25) is 9.59 Å². The van der Waals surface area contributed by atoms with Gasteiger partial charge in [0.25, 0.3) is 5.24 Å². The molecule has 0 spiro atoms. The summed E-state index contributed by atoms with van der Waals surface area (Å²) in [6, 6.07) is 24.8. The van der Waals surface area contributed by atoms with Gasteiger partial charge in [0.2, 0.25) is 0 Å². The van der Waals surface area contributed by atoms with Crippen molar-refractivity contribution >= 4 is 33.4 Å². The van der Waals surface area contributed by atoms with Crippen LogP contribution in [0, 0.1) is 0 Å². The molecule has 0 aromatic heterocycles. The molecule has 0 fully saturated rings. The third-order valence-corrected chi connectivity index (χ3v) is 5.37. The van der Waals surface area contributed by atoms with Crippen molar-refractivity contribution in [2.75, 3.05) is 0 Å². The summed E-state index contributed by atoms with van der Waals surface area (Å²) >= 11 is 5.50. The molecule has 3 heteroatoms. The maximum absolute atomic E-state index is 13.3. The van der Waals surface area contributed by atoms with E-state index in [4.69, 9.17) is 11.6 Å². The van der Waals surface area contributed by atoms with Gasteiger partial charge in [0.1, 0.15) is 0 Å². The first-order valence-corrected chi connectivity index (χ1v) is 9.03. The van der Waals surface area contributed by atoms with Crippen LogP contribution in [0.15, 0.2) is 78.9 Å². The minimum atomic E-state index is -0.531. The van der Waals surface area contributed by atoms with Gasteiger partial charge in [0.05, 0.1) is 0 Å². The van der Waals surface area contributed by atoms with Gasteiger partial charge in [-0.15, -0.1) is 0 Å². The van der Waals surface area contributed by atoms with Crippen molar-refractivity contribution in [1.29, 1.82) is 0 Å². The molecule has 0 heterocycles. The first kappa shape index (κ1) is 16.0. The van der Waals surface area contributed by atoms with E-state index in [1.54, 1.807) is 24.3 Å². The Morgan fingerprint density at radius 2 is 1.30 bits per heavy atom. The zero-order valence-corrected chi connectivity index (χ0v) is 15.0. The molecule has 0 saturated carbocycles. The number of benzene rings is 4. The molecule has 4 aromatic carbocycles. The number of hydrogen-bond donors (Lipinski definition) is 0. The van der Waals surface area contributed by atoms with Crippen LogP contribution in [0.3, 0.4) is 0 Å². The van der Waals surface area contributed by atoms with Crippen LogP contribution in [0.25, 0.3) is 33.0 Å². The molecule has 128 valence electrons. The second kappa shape index (κ2) is 5.90. The molecule has 2 nitrogen and oxygen atoms in total. The van der Waals surface area contributed by atoms with E-state index in [2.05, 4.69) is 24.3 Å². The molecule has 0 N–H and O–H groups in total. The van der Waals surface area contributed by atoms with Gasteiger partial charge in [-0.25, -0.2) is 0 Å². The average Bonchev–Trinajstić information content (AvgIpc) is 3.05. The Hall–Kier alpha value is -3.23. The van der Waals surface area contributed by atoms with Crippen molar-refractivity contribution in [2.24, 2.45) is 0 Å². The van der Waals surface area contributed by atoms with E-state index < -0.39 is 5.24 Å². The third-order valence-electron chi connectivity index (χ3n) is 5.15. The molecule has 0 bridgehead atoms. The standard InChI is InChI=1S/C24H13ClO2/c25-24(27)16-10-8-15(9-11-16)23(26)20-13-12-14-4-3-7-18-17-5-1-2-6-19(17)22(20)21(14)18/h1-13H. The van der Waals surface area contributed by atoms with E-state index in [1.807, 2.05) is 30.3 Å². The summed E-state index contributed by atoms with van der Waals surface area (Å²) in [5.74, 6) is -0.0630. The van der Waals surface area contributed by atoms with Crippen LogP contribution >= 0.6 is 11.6 Å². The zero-order valence-electron chi connectivity index (χ0n) is 14.2. The predicted octanol–water partition coefficient (Wildman–Crippen LogP) is 6.10. The van der Waals surface area contributed by atoms with E-state index >= 15 is 0 Å². The molecule has 0 unspecified atom stereocenters. The Morgan fingerprint density at radius 3 is 2.04 bits per heavy atom. The number of fused-ring (bicyclic) bond motifs is 3. The van der Waals surface area contributed by atoms with Gasteiger partial charge in [-0.1, -0.05) is 60.7 Å². The lowest BCUT2D eigenvalue weighted by Crippen LogP contribution is -2.04. The SMILES string of the molecule is O=C(Cl)c1ccc(C(=O)c2ccc3cccc4c3c2-c2ccccc2-4)cc1. The molecular formula is C24H13ClO2. The van der Waals surface area contributed by atoms with Crippen molar-refractivity contribution in [2.45, 2.75) is 0 Å². The van der Waals surface area contributed by atoms with Crippen molar-refractivity contribution in [3.63, 3.8) is 0 Å². The second-order valence-corrected chi connectivity index (χ2v) is 6.96. The number of hydrogen-bond acceptors (Lipinski definition) is 2. The fourth-order valence-electron chi connectivity index (χ4n) is 3.92. The summed E-state index contributed by atoms with van der Waals surface area (Å²) in [7, 11) is 0. The van der Waals surface area contributed by atoms with E-state index in [1.165, 1.54) is 0 Å². The first-order chi connectivity index (χ1) is 13.1. The summed E-state index contributed by atoms with van der Waals surface area (Å²) in [4.78, 5) is 24.5. The molecule has 4 aromatic rings. The van der Waals surface area contributed by atoms with Gasteiger partial charge >= 0.3 is 0 Å². The van der Waals surface area contributed by atoms with Crippen molar-refractivity contribution in [3.05, 3.63) is 95.6 Å². The fourth-order valence-corrected chi connectivity index (χ4v) is 4.04. The topological polar surface area (TPSA) is 34.1 Å². The largest absolute Gasteiger partial charge is 0.289 e. The molecule has 0 saturated heterocycles. The number of ketones is 1. The molecular weight excluding hydrogens is 356 g/mol. The van der Waals surface area contributed by atoms with Gasteiger partial charge in [-0.05, 0) is 57.3 Å². The molecule has 27 heavy (non-hydrogen) atoms. The van der Waals surface area contributed by atoms with E-state index in [-0.39, 0.29) is 5.78 Å². The quantitative estimate of drug-likeness (QED) is 0.285. The number of rotatable bonds is 3. The smallest absolute Gasteiger partial charge is 0.252 e. The van der Waals surface area contributed by atoms with Gasteiger partial charge in [-0.2, -0.15) is 0 Å². The average molecular weight is 369 g/mol. The maximum Gasteiger partial charge on any atom is 0.252 e. The van der Waals surface area contributed by atoms with Crippen LogP contribution in [-0.2, 0) is 0 Å². The predicted molar refractivity (Wildman–Crippen MR) is 108 cm³/mol. The first-order valence-electron chi connectivity index (χ1n) is 8.65. The van der Waals surface area contributed by atoms with Gasteiger partial charge in [0.15, 0.2) is 5.78 Å². The normalized spacial score (nSPS) is 11.4. The summed E-state index contributed by atoms with van der Waals surface area (Å²) in [5, 5.41) is 1.72. The molecule has 1 aliphatic rings. The summed E-state index contributed by atoms with van der Waals surface area (Å²) < 4.78 is 0. The minimum Gasteiger partial charge on any atom is -0.289 e. The molecule has 0 amide bonds. The Kier molecular flexibility index (Phi) is 3.49. The fraction of sp³-hybridized carbons (Fsp3) is 0. The lowest BCUT2D eigenvalue weighted by Gasteiger charge is -2.10. The lowest BCUT2D eigenvalue weighted by molar-refractivity contribution is 0.103. The van der Waals surface area contributed by atoms with Crippen LogP contribution in [0.1, 0.15) is 26.3 Å². The van der Waals surface area contributed by atoms with Crippen LogP contribution in [0.4, 0.5) is 0 Å². The van der Waals surface area contributed by atoms with Gasteiger partial charge in [0, 0.05) is 22.3 Å². The third kappa shape index (κ3) is 2.34. The number of carbonyl (C=O) groups excluding carboxylic acids is 2. The summed E-state index contributed by atoms with van der Waals surface area (Å²) in [6.45, 7) is 0. The highest BCUT2D eigenvalue weighted by atomic mass is 35.5. The molecule has 1 aliphatic carbocycles. The van der Waals surface area contributed by atoms with Crippen molar-refractivity contribution < 1.29 is 9.59 Å². The van der Waals surface area contributed by atoms with Crippen molar-refractivity contribution in [3.8, 4) is 22.3 Å². The van der Waals surface area contributed by atoms with Crippen LogP contribution in [0.2, 0.25) is 0 Å². The van der Waals surface area contributed by atoms with Crippen LogP contribution < -0.4 is 0 Å². The monoisotopic (exact) mass is 368 g/mol. The number of halogens is 1. The lowest BCUT2D eigenvalue weighted by atomic mass is 9.92. The Bertz CT molecular complexity index is 1250. The molecule has 5 rings (SSSR count). The van der Waals surface area contributed by atoms with Crippen LogP contribution in [-0.4, -0.2) is 11.0 Å². The second-order valence-electron chi connectivity index (χ2n) is 6.62. The van der Waals surface area contributed by atoms with Crippen LogP contribution in [0.5, 0.6) is 0 Å². The Balaban J connectivity index is 1.74. The highest BCUT2D eigenvalue weighted by Gasteiger charge is 2.26. The van der Waals surface area contributed by atoms with Crippen molar-refractivity contribution in [1.82, 2.24) is 0 Å². The maximum atomic E-state index is 13.3. The zero-order chi connectivity index (χ0) is 18.5. The molecule has 0 radical (unpaired) electrons. The number of carbonyl (C=O) groups is 2. The summed E-state index contributed by atoms with van der Waals surface area (Å²) in [5.41, 5.74) is 5.97. The Labute approximate surface area is 161 Å². The highest BCUT2D eigenvalue weighted by molar-refractivity contribution is 6.67. The summed E-state index contributed by atoms with van der Waals surface area (Å²) in [6.07, 6.45) is 0. The highest BCUT2D eigenvalue weighted by Crippen LogP contribution is 2.48. The van der Waals surface area contributed by atoms with E-state index in [9.17, 15) is 9.59 Å². The van der Waals surface area contributed by atoms with E-state index in [0.29, 0.717) is 16.7 Å². The van der Waals surface area contributed by atoms with E-state index in [0.717, 1.165) is 33.0 Å². The van der Waals surface area contributed by atoms with Gasteiger partial charge < -0.3 is 0 Å². The Morgan fingerprint density at radius 1 is 0.630 bits per heavy atom. The molecule has 0 atom stereocenters. The minimum absolute atomic E-state index is 0.0630.